The standard InChI is InChI=1S/C24H26ClNO3S/c25-23-15-21(9-10-22(23)24(26)13-18(28)11-12-27)30-20-8-4-7-19(14-20)29-16-17-5-2-1-3-6-17/h1-10,14-15,18,24,27-28H,11-13,16,26H2. The van der Waals surface area contributed by atoms with E-state index in [1.54, 1.807) is 11.8 Å². The largest absolute Gasteiger partial charge is 0.489 e. The fourth-order valence-corrected chi connectivity index (χ4v) is 4.36. The second-order valence-electron chi connectivity index (χ2n) is 7.04. The molecule has 3 aromatic rings. The van der Waals surface area contributed by atoms with Crippen molar-refractivity contribution in [2.45, 2.75) is 41.4 Å². The predicted molar refractivity (Wildman–Crippen MR) is 122 cm³/mol. The second-order valence-corrected chi connectivity index (χ2v) is 8.60. The van der Waals surface area contributed by atoms with E-state index < -0.39 is 6.10 Å². The van der Waals surface area contributed by atoms with E-state index in [1.165, 1.54) is 0 Å². The van der Waals surface area contributed by atoms with Gasteiger partial charge in [0.15, 0.2) is 0 Å². The van der Waals surface area contributed by atoms with Crippen LogP contribution >= 0.6 is 23.4 Å². The van der Waals surface area contributed by atoms with Gasteiger partial charge in [0, 0.05) is 27.5 Å². The zero-order valence-electron chi connectivity index (χ0n) is 16.6. The Morgan fingerprint density at radius 1 is 0.967 bits per heavy atom. The SMILES string of the molecule is NC(CC(O)CCO)c1ccc(Sc2cccc(OCc3ccccc3)c2)cc1Cl. The van der Waals surface area contributed by atoms with Gasteiger partial charge in [-0.1, -0.05) is 65.8 Å². The summed E-state index contributed by atoms with van der Waals surface area (Å²) in [6, 6.07) is 23.4. The zero-order chi connectivity index (χ0) is 21.3. The minimum absolute atomic E-state index is 0.0642. The molecule has 0 heterocycles. The van der Waals surface area contributed by atoms with Crippen LogP contribution in [0.25, 0.3) is 0 Å². The van der Waals surface area contributed by atoms with Crippen molar-refractivity contribution in [3.05, 3.63) is 88.9 Å². The number of aliphatic hydroxyl groups is 2. The van der Waals surface area contributed by atoms with Gasteiger partial charge in [-0.3, -0.25) is 0 Å². The maximum atomic E-state index is 9.86. The Labute approximate surface area is 186 Å². The van der Waals surface area contributed by atoms with E-state index in [4.69, 9.17) is 27.2 Å². The molecule has 158 valence electrons. The van der Waals surface area contributed by atoms with Crippen LogP contribution < -0.4 is 10.5 Å². The molecule has 3 aromatic carbocycles. The Balaban J connectivity index is 1.62. The lowest BCUT2D eigenvalue weighted by Gasteiger charge is -2.18. The van der Waals surface area contributed by atoms with Gasteiger partial charge in [0.1, 0.15) is 12.4 Å². The number of aliphatic hydroxyl groups excluding tert-OH is 2. The first-order valence-electron chi connectivity index (χ1n) is 9.83. The summed E-state index contributed by atoms with van der Waals surface area (Å²) in [5.41, 5.74) is 8.09. The molecule has 0 aliphatic rings. The summed E-state index contributed by atoms with van der Waals surface area (Å²) in [5, 5.41) is 19.4. The molecule has 0 saturated carbocycles. The first-order valence-corrected chi connectivity index (χ1v) is 11.0. The summed E-state index contributed by atoms with van der Waals surface area (Å²) in [4.78, 5) is 2.04. The summed E-state index contributed by atoms with van der Waals surface area (Å²) < 4.78 is 5.90. The van der Waals surface area contributed by atoms with Crippen LogP contribution in [0.3, 0.4) is 0 Å². The van der Waals surface area contributed by atoms with Crippen molar-refractivity contribution < 1.29 is 14.9 Å². The number of benzene rings is 3. The molecule has 0 radical (unpaired) electrons. The van der Waals surface area contributed by atoms with Crippen LogP contribution in [-0.4, -0.2) is 22.9 Å². The third-order valence-electron chi connectivity index (χ3n) is 4.65. The topological polar surface area (TPSA) is 75.7 Å². The molecular weight excluding hydrogens is 418 g/mol. The maximum absolute atomic E-state index is 9.86. The fourth-order valence-electron chi connectivity index (χ4n) is 3.06. The fraction of sp³-hybridized carbons (Fsp3) is 0.250. The van der Waals surface area contributed by atoms with Crippen LogP contribution in [0.15, 0.2) is 82.6 Å². The summed E-state index contributed by atoms with van der Waals surface area (Å²) in [5.74, 6) is 0.812. The number of halogens is 1. The zero-order valence-corrected chi connectivity index (χ0v) is 18.1. The highest BCUT2D eigenvalue weighted by Crippen LogP contribution is 2.34. The molecule has 30 heavy (non-hydrogen) atoms. The molecular formula is C24H26ClNO3S. The lowest BCUT2D eigenvalue weighted by molar-refractivity contribution is 0.118. The Morgan fingerprint density at radius 3 is 2.47 bits per heavy atom. The van der Waals surface area contributed by atoms with E-state index in [0.29, 0.717) is 24.5 Å². The van der Waals surface area contributed by atoms with E-state index in [-0.39, 0.29) is 12.6 Å². The third-order valence-corrected chi connectivity index (χ3v) is 5.96. The van der Waals surface area contributed by atoms with Gasteiger partial charge in [0.05, 0.1) is 6.10 Å². The van der Waals surface area contributed by atoms with Gasteiger partial charge >= 0.3 is 0 Å². The third kappa shape index (κ3) is 6.76. The van der Waals surface area contributed by atoms with Gasteiger partial charge in [0.25, 0.3) is 0 Å². The molecule has 0 saturated heterocycles. The van der Waals surface area contributed by atoms with Crippen molar-refractivity contribution >= 4 is 23.4 Å². The highest BCUT2D eigenvalue weighted by Gasteiger charge is 2.15. The highest BCUT2D eigenvalue weighted by atomic mass is 35.5. The Kier molecular flexibility index (Phi) is 8.61. The quantitative estimate of drug-likeness (QED) is 0.401. The Hall–Kier alpha value is -2.02. The van der Waals surface area contributed by atoms with E-state index in [0.717, 1.165) is 26.7 Å². The molecule has 0 aliphatic heterocycles. The number of hydrogen-bond acceptors (Lipinski definition) is 5. The summed E-state index contributed by atoms with van der Waals surface area (Å²) in [6.07, 6.45) is 0.0175. The maximum Gasteiger partial charge on any atom is 0.120 e. The second kappa shape index (κ2) is 11.4. The molecule has 0 bridgehead atoms. The smallest absolute Gasteiger partial charge is 0.120 e. The van der Waals surface area contributed by atoms with Crippen LogP contribution in [0.1, 0.15) is 30.0 Å². The summed E-state index contributed by atoms with van der Waals surface area (Å²) >= 11 is 8.04. The molecule has 2 atom stereocenters. The molecule has 3 rings (SSSR count). The van der Waals surface area contributed by atoms with Crippen LogP contribution in [-0.2, 0) is 6.61 Å². The summed E-state index contributed by atoms with van der Waals surface area (Å²) in [7, 11) is 0. The first kappa shape index (κ1) is 22.7. The number of ether oxygens (including phenoxy) is 1. The molecule has 0 fully saturated rings. The van der Waals surface area contributed by atoms with E-state index >= 15 is 0 Å². The number of nitrogens with two attached hydrogens (primary N) is 1. The van der Waals surface area contributed by atoms with Gasteiger partial charge in [-0.15, -0.1) is 0 Å². The van der Waals surface area contributed by atoms with Crippen molar-refractivity contribution in [1.29, 1.82) is 0 Å². The van der Waals surface area contributed by atoms with Gasteiger partial charge in [-0.25, -0.2) is 0 Å². The minimum Gasteiger partial charge on any atom is -0.489 e. The highest BCUT2D eigenvalue weighted by molar-refractivity contribution is 7.99. The molecule has 2 unspecified atom stereocenters. The minimum atomic E-state index is -0.645. The lowest BCUT2D eigenvalue weighted by atomic mass is 10.0. The van der Waals surface area contributed by atoms with E-state index in [2.05, 4.69) is 0 Å². The van der Waals surface area contributed by atoms with Crippen LogP contribution in [0.2, 0.25) is 5.02 Å². The van der Waals surface area contributed by atoms with Crippen LogP contribution in [0.5, 0.6) is 5.75 Å². The van der Waals surface area contributed by atoms with Gasteiger partial charge < -0.3 is 20.7 Å². The van der Waals surface area contributed by atoms with Gasteiger partial charge in [-0.2, -0.15) is 0 Å². The van der Waals surface area contributed by atoms with Gasteiger partial charge in [-0.05, 0) is 54.3 Å². The molecule has 0 amide bonds. The van der Waals surface area contributed by atoms with Crippen molar-refractivity contribution in [3.63, 3.8) is 0 Å². The van der Waals surface area contributed by atoms with Crippen molar-refractivity contribution in [1.82, 2.24) is 0 Å². The average molecular weight is 444 g/mol. The molecule has 6 heteroatoms. The van der Waals surface area contributed by atoms with Gasteiger partial charge in [0.2, 0.25) is 0 Å². The molecule has 0 aliphatic carbocycles. The monoisotopic (exact) mass is 443 g/mol. The normalized spacial score (nSPS) is 13.1. The van der Waals surface area contributed by atoms with E-state index in [9.17, 15) is 5.11 Å². The molecule has 4 nitrogen and oxygen atoms in total. The van der Waals surface area contributed by atoms with Crippen LogP contribution in [0, 0.1) is 0 Å². The molecule has 0 spiro atoms. The first-order chi connectivity index (χ1) is 14.5. The number of rotatable bonds is 10. The molecule has 4 N–H and O–H groups in total. The average Bonchev–Trinajstić information content (AvgIpc) is 2.73. The van der Waals surface area contributed by atoms with Crippen molar-refractivity contribution in [2.75, 3.05) is 6.61 Å². The van der Waals surface area contributed by atoms with Crippen molar-refractivity contribution in [3.8, 4) is 5.75 Å². The Morgan fingerprint density at radius 2 is 1.73 bits per heavy atom. The lowest BCUT2D eigenvalue weighted by Crippen LogP contribution is -2.20. The van der Waals surface area contributed by atoms with Crippen molar-refractivity contribution in [2.24, 2.45) is 5.73 Å². The summed E-state index contributed by atoms with van der Waals surface area (Å²) in [6.45, 7) is 0.459. The predicted octanol–water partition coefficient (Wildman–Crippen LogP) is 5.20. The molecule has 0 aromatic heterocycles. The van der Waals surface area contributed by atoms with E-state index in [1.807, 2.05) is 72.8 Å². The Bertz CT molecular complexity index is 939. The number of hydrogen-bond donors (Lipinski definition) is 3. The van der Waals surface area contributed by atoms with Crippen LogP contribution in [0.4, 0.5) is 0 Å².